The summed E-state index contributed by atoms with van der Waals surface area (Å²) in [6, 6.07) is 7.50. The van der Waals surface area contributed by atoms with Crippen molar-refractivity contribution in [2.24, 2.45) is 5.73 Å². The molecule has 1 atom stereocenters. The molecule has 2 N–H and O–H groups in total. The number of carbonyl (C=O) groups is 1. The summed E-state index contributed by atoms with van der Waals surface area (Å²) < 4.78 is 0. The van der Waals surface area contributed by atoms with Crippen LogP contribution in [0.15, 0.2) is 36.7 Å². The lowest BCUT2D eigenvalue weighted by molar-refractivity contribution is 0.0958. The molecular formula is C15H15N3O. The number of aryl methyl sites for hydroxylation is 1. The molecule has 0 saturated heterocycles. The summed E-state index contributed by atoms with van der Waals surface area (Å²) in [5.41, 5.74) is 9.10. The number of nitrogens with two attached hydrogens (primary N) is 1. The topological polar surface area (TPSA) is 68.9 Å². The quantitative estimate of drug-likeness (QED) is 0.847. The van der Waals surface area contributed by atoms with E-state index in [0.29, 0.717) is 12.1 Å². The molecule has 4 nitrogen and oxygen atoms in total. The highest BCUT2D eigenvalue weighted by atomic mass is 16.1. The number of rotatable bonds is 3. The van der Waals surface area contributed by atoms with Crippen LogP contribution < -0.4 is 5.73 Å². The fourth-order valence-corrected chi connectivity index (χ4v) is 2.61. The van der Waals surface area contributed by atoms with Crippen molar-refractivity contribution in [2.75, 3.05) is 0 Å². The molecule has 0 bridgehead atoms. The Balaban J connectivity index is 1.93. The predicted molar refractivity (Wildman–Crippen MR) is 71.8 cm³/mol. The first-order valence-corrected chi connectivity index (χ1v) is 6.42. The van der Waals surface area contributed by atoms with Crippen molar-refractivity contribution in [1.29, 1.82) is 0 Å². The second kappa shape index (κ2) is 4.90. The average Bonchev–Trinajstić information content (AvgIpc) is 2.90. The number of fused-ring (bicyclic) bond motifs is 1. The number of nitrogens with zero attached hydrogens (tertiary/aromatic N) is 2. The zero-order valence-electron chi connectivity index (χ0n) is 10.5. The first-order chi connectivity index (χ1) is 9.29. The van der Waals surface area contributed by atoms with Crippen molar-refractivity contribution >= 4 is 5.78 Å². The van der Waals surface area contributed by atoms with Crippen LogP contribution in [0.3, 0.4) is 0 Å². The highest BCUT2D eigenvalue weighted by Crippen LogP contribution is 2.33. The number of aromatic nitrogens is 2. The maximum absolute atomic E-state index is 12.6. The summed E-state index contributed by atoms with van der Waals surface area (Å²) in [6.45, 7) is 0.348. The van der Waals surface area contributed by atoms with Gasteiger partial charge in [0.1, 0.15) is 0 Å². The van der Waals surface area contributed by atoms with Crippen molar-refractivity contribution in [3.8, 4) is 0 Å². The minimum absolute atomic E-state index is 0.120. The van der Waals surface area contributed by atoms with E-state index in [-0.39, 0.29) is 11.7 Å². The van der Waals surface area contributed by atoms with Crippen LogP contribution in [0, 0.1) is 0 Å². The molecule has 19 heavy (non-hydrogen) atoms. The molecule has 0 spiro atoms. The molecule has 4 heteroatoms. The summed E-state index contributed by atoms with van der Waals surface area (Å²) in [4.78, 5) is 21.1. The molecule has 96 valence electrons. The van der Waals surface area contributed by atoms with Gasteiger partial charge in [-0.05, 0) is 36.6 Å². The maximum atomic E-state index is 12.6. The van der Waals surface area contributed by atoms with Crippen LogP contribution in [-0.2, 0) is 13.0 Å². The first-order valence-electron chi connectivity index (χ1n) is 6.42. The molecule has 0 aromatic carbocycles. The lowest BCUT2D eigenvalue weighted by Crippen LogP contribution is -2.12. The van der Waals surface area contributed by atoms with Gasteiger partial charge in [0.2, 0.25) is 0 Å². The Hall–Kier alpha value is -2.07. The summed E-state index contributed by atoms with van der Waals surface area (Å²) >= 11 is 0. The number of hydrogen-bond acceptors (Lipinski definition) is 4. The zero-order valence-corrected chi connectivity index (χ0v) is 10.5. The van der Waals surface area contributed by atoms with Crippen molar-refractivity contribution in [3.63, 3.8) is 0 Å². The zero-order chi connectivity index (χ0) is 13.2. The van der Waals surface area contributed by atoms with Crippen molar-refractivity contribution < 1.29 is 4.79 Å². The van der Waals surface area contributed by atoms with E-state index in [4.69, 9.17) is 5.73 Å². The van der Waals surface area contributed by atoms with E-state index in [1.807, 2.05) is 12.1 Å². The van der Waals surface area contributed by atoms with Crippen LogP contribution in [0.5, 0.6) is 0 Å². The molecule has 2 aromatic rings. The van der Waals surface area contributed by atoms with Gasteiger partial charge in [-0.2, -0.15) is 0 Å². The highest BCUT2D eigenvalue weighted by Gasteiger charge is 2.30. The molecular weight excluding hydrogens is 238 g/mol. The number of hydrogen-bond donors (Lipinski definition) is 1. The number of carbonyl (C=O) groups excluding carboxylic acids is 1. The Morgan fingerprint density at radius 2 is 2.21 bits per heavy atom. The fourth-order valence-electron chi connectivity index (χ4n) is 2.61. The third-order valence-corrected chi connectivity index (χ3v) is 3.59. The lowest BCUT2D eigenvalue weighted by Gasteiger charge is -2.10. The third-order valence-electron chi connectivity index (χ3n) is 3.59. The van der Waals surface area contributed by atoms with Crippen LogP contribution >= 0.6 is 0 Å². The summed E-state index contributed by atoms with van der Waals surface area (Å²) in [6.07, 6.45) is 5.16. The molecule has 2 aromatic heterocycles. The normalized spacial score (nSPS) is 17.2. The lowest BCUT2D eigenvalue weighted by atomic mass is 9.95. The van der Waals surface area contributed by atoms with Crippen LogP contribution in [-0.4, -0.2) is 15.8 Å². The van der Waals surface area contributed by atoms with Crippen LogP contribution in [0.25, 0.3) is 0 Å². The molecule has 0 aliphatic heterocycles. The van der Waals surface area contributed by atoms with Gasteiger partial charge < -0.3 is 5.73 Å². The third kappa shape index (κ3) is 2.15. The Morgan fingerprint density at radius 3 is 3.05 bits per heavy atom. The summed E-state index contributed by atoms with van der Waals surface area (Å²) in [5, 5.41) is 0. The molecule has 0 fully saturated rings. The van der Waals surface area contributed by atoms with Crippen LogP contribution in [0.2, 0.25) is 0 Å². The van der Waals surface area contributed by atoms with Gasteiger partial charge in [0.15, 0.2) is 5.78 Å². The molecule has 2 heterocycles. The van der Waals surface area contributed by atoms with Crippen molar-refractivity contribution in [3.05, 3.63) is 59.2 Å². The minimum Gasteiger partial charge on any atom is -0.325 e. The number of Topliss-reactive ketones (excluding diaryl/α,β-unsaturated/α-hetero) is 1. The van der Waals surface area contributed by atoms with Gasteiger partial charge in [0, 0.05) is 24.5 Å². The molecule has 1 aliphatic carbocycles. The summed E-state index contributed by atoms with van der Waals surface area (Å²) in [5.74, 6) is -0.00113. The Morgan fingerprint density at radius 1 is 1.32 bits per heavy atom. The fraction of sp³-hybridized carbons (Fsp3) is 0.267. The van der Waals surface area contributed by atoms with E-state index in [1.54, 1.807) is 24.5 Å². The first kappa shape index (κ1) is 12.0. The largest absolute Gasteiger partial charge is 0.325 e. The van der Waals surface area contributed by atoms with Gasteiger partial charge in [-0.15, -0.1) is 0 Å². The van der Waals surface area contributed by atoms with Crippen LogP contribution in [0.1, 0.15) is 39.6 Å². The number of pyridine rings is 2. The highest BCUT2D eigenvalue weighted by molar-refractivity contribution is 6.01. The number of ketones is 1. The van der Waals surface area contributed by atoms with Crippen molar-refractivity contribution in [2.45, 2.75) is 25.3 Å². The van der Waals surface area contributed by atoms with E-state index in [1.165, 1.54) is 5.56 Å². The van der Waals surface area contributed by atoms with E-state index in [2.05, 4.69) is 9.97 Å². The van der Waals surface area contributed by atoms with Gasteiger partial charge in [-0.3, -0.25) is 14.8 Å². The standard InChI is InChI=1S/C15H15N3O/c16-9-12-8-11(5-7-17-12)15(19)13-4-3-10-2-1-6-18-14(10)13/h1-2,5-8,13H,3-4,9,16H2. The Kier molecular flexibility index (Phi) is 3.09. The minimum atomic E-state index is -0.121. The second-order valence-electron chi connectivity index (χ2n) is 4.74. The predicted octanol–water partition coefficient (Wildman–Crippen LogP) is 1.85. The molecule has 1 aliphatic rings. The Labute approximate surface area is 111 Å². The average molecular weight is 253 g/mol. The van der Waals surface area contributed by atoms with Gasteiger partial charge >= 0.3 is 0 Å². The molecule has 3 rings (SSSR count). The van der Waals surface area contributed by atoms with Gasteiger partial charge in [-0.25, -0.2) is 0 Å². The maximum Gasteiger partial charge on any atom is 0.172 e. The SMILES string of the molecule is NCc1cc(C(=O)C2CCc3cccnc32)ccn1. The molecule has 0 saturated carbocycles. The second-order valence-corrected chi connectivity index (χ2v) is 4.74. The smallest absolute Gasteiger partial charge is 0.172 e. The summed E-state index contributed by atoms with van der Waals surface area (Å²) in [7, 11) is 0. The molecule has 1 unspecified atom stereocenters. The van der Waals surface area contributed by atoms with Gasteiger partial charge in [0.05, 0.1) is 17.3 Å². The van der Waals surface area contributed by atoms with E-state index in [0.717, 1.165) is 24.2 Å². The Bertz CT molecular complexity index is 624. The van der Waals surface area contributed by atoms with E-state index < -0.39 is 0 Å². The molecule has 0 amide bonds. The van der Waals surface area contributed by atoms with Gasteiger partial charge in [0.25, 0.3) is 0 Å². The van der Waals surface area contributed by atoms with Crippen molar-refractivity contribution in [1.82, 2.24) is 9.97 Å². The van der Waals surface area contributed by atoms with Gasteiger partial charge in [-0.1, -0.05) is 6.07 Å². The monoisotopic (exact) mass is 253 g/mol. The molecule has 0 radical (unpaired) electrons. The van der Waals surface area contributed by atoms with E-state index in [9.17, 15) is 4.79 Å². The van der Waals surface area contributed by atoms with E-state index >= 15 is 0 Å². The van der Waals surface area contributed by atoms with Crippen LogP contribution in [0.4, 0.5) is 0 Å².